The summed E-state index contributed by atoms with van der Waals surface area (Å²) in [4.78, 5) is 13.2. The largest absolute Gasteiger partial charge is 0.337 e. The van der Waals surface area contributed by atoms with Crippen molar-refractivity contribution in [1.29, 1.82) is 0 Å². The lowest BCUT2D eigenvalue weighted by Gasteiger charge is -2.08. The molecule has 0 saturated carbocycles. The van der Waals surface area contributed by atoms with E-state index in [1.54, 1.807) is 12.7 Å². The first kappa shape index (κ1) is 14.8. The van der Waals surface area contributed by atoms with Gasteiger partial charge in [0.25, 0.3) is 0 Å². The van der Waals surface area contributed by atoms with Gasteiger partial charge < -0.3 is 9.88 Å². The van der Waals surface area contributed by atoms with E-state index in [1.807, 2.05) is 47.0 Å². The molecule has 118 valence electrons. The highest BCUT2D eigenvalue weighted by Gasteiger charge is 2.11. The van der Waals surface area contributed by atoms with Gasteiger partial charge in [0.1, 0.15) is 6.33 Å². The molecule has 2 aromatic heterocycles. The number of rotatable bonds is 4. The molecule has 2 heterocycles. The van der Waals surface area contributed by atoms with Crippen LogP contribution < -0.4 is 5.32 Å². The molecule has 6 heteroatoms. The number of halogens is 1. The van der Waals surface area contributed by atoms with Crippen molar-refractivity contribution < 1.29 is 0 Å². The van der Waals surface area contributed by atoms with E-state index in [1.165, 1.54) is 5.56 Å². The van der Waals surface area contributed by atoms with Crippen LogP contribution in [-0.2, 0) is 6.54 Å². The van der Waals surface area contributed by atoms with Crippen molar-refractivity contribution in [3.8, 4) is 0 Å². The maximum absolute atomic E-state index is 4.50. The Morgan fingerprint density at radius 1 is 0.917 bits per heavy atom. The minimum absolute atomic E-state index is 0.693. The van der Waals surface area contributed by atoms with Crippen molar-refractivity contribution in [1.82, 2.24) is 19.5 Å². The fourth-order valence-electron chi connectivity index (χ4n) is 2.56. The highest BCUT2D eigenvalue weighted by molar-refractivity contribution is 9.10. The van der Waals surface area contributed by atoms with Crippen molar-refractivity contribution in [2.75, 3.05) is 5.32 Å². The van der Waals surface area contributed by atoms with Gasteiger partial charge >= 0.3 is 0 Å². The molecule has 0 aliphatic heterocycles. The normalized spacial score (nSPS) is 10.9. The summed E-state index contributed by atoms with van der Waals surface area (Å²) in [5.41, 5.74) is 3.71. The Bertz CT molecular complexity index is 981. The van der Waals surface area contributed by atoms with E-state index in [-0.39, 0.29) is 0 Å². The van der Waals surface area contributed by atoms with Crippen LogP contribution >= 0.6 is 15.9 Å². The van der Waals surface area contributed by atoms with Gasteiger partial charge in [0.2, 0.25) is 0 Å². The Hall–Kier alpha value is -2.73. The summed E-state index contributed by atoms with van der Waals surface area (Å²) >= 11 is 3.54. The number of imidazole rings is 1. The number of benzene rings is 2. The number of hydrogen-bond donors (Lipinski definition) is 1. The van der Waals surface area contributed by atoms with Crippen LogP contribution in [0, 0.1) is 0 Å². The fourth-order valence-corrected chi connectivity index (χ4v) is 2.94. The van der Waals surface area contributed by atoms with Crippen molar-refractivity contribution in [3.05, 3.63) is 77.3 Å². The highest BCUT2D eigenvalue weighted by Crippen LogP contribution is 2.27. The molecule has 0 bridgehead atoms. The van der Waals surface area contributed by atoms with Crippen LogP contribution in [0.4, 0.5) is 11.5 Å². The second-order valence-electron chi connectivity index (χ2n) is 5.36. The molecule has 0 unspecified atom stereocenters. The predicted octanol–water partition coefficient (Wildman–Crippen LogP) is 4.38. The molecule has 4 aromatic rings. The van der Waals surface area contributed by atoms with E-state index < -0.39 is 0 Å². The van der Waals surface area contributed by atoms with E-state index in [0.29, 0.717) is 5.82 Å². The molecule has 0 atom stereocenters. The molecule has 0 amide bonds. The van der Waals surface area contributed by atoms with Gasteiger partial charge in [0.05, 0.1) is 18.6 Å². The van der Waals surface area contributed by atoms with Gasteiger partial charge in [-0.15, -0.1) is 0 Å². The van der Waals surface area contributed by atoms with Gasteiger partial charge in [-0.2, -0.15) is 0 Å². The van der Waals surface area contributed by atoms with Gasteiger partial charge in [0.15, 0.2) is 17.0 Å². The first-order valence-corrected chi connectivity index (χ1v) is 8.32. The van der Waals surface area contributed by atoms with Gasteiger partial charge in [-0.3, -0.25) is 0 Å². The Balaban J connectivity index is 1.70. The number of fused-ring (bicyclic) bond motifs is 1. The SMILES string of the molecule is Brc1ccccc1Nc1ncnc2c1ncn2Cc1ccccc1. The number of para-hydroxylation sites is 1. The van der Waals surface area contributed by atoms with Crippen molar-refractivity contribution in [2.45, 2.75) is 6.54 Å². The lowest BCUT2D eigenvalue weighted by atomic mass is 10.2. The smallest absolute Gasteiger partial charge is 0.165 e. The lowest BCUT2D eigenvalue weighted by molar-refractivity contribution is 0.813. The number of nitrogens with zero attached hydrogens (tertiary/aromatic N) is 4. The predicted molar refractivity (Wildman–Crippen MR) is 98.3 cm³/mol. The third-order valence-electron chi connectivity index (χ3n) is 3.72. The maximum atomic E-state index is 4.50. The number of aromatic nitrogens is 4. The third-order valence-corrected chi connectivity index (χ3v) is 4.42. The van der Waals surface area contributed by atoms with Crippen molar-refractivity contribution >= 4 is 38.6 Å². The van der Waals surface area contributed by atoms with E-state index in [2.05, 4.69) is 48.3 Å². The average molecular weight is 380 g/mol. The Morgan fingerprint density at radius 2 is 1.71 bits per heavy atom. The van der Waals surface area contributed by atoms with Gasteiger partial charge in [-0.25, -0.2) is 15.0 Å². The minimum atomic E-state index is 0.693. The summed E-state index contributed by atoms with van der Waals surface area (Å²) in [7, 11) is 0. The second kappa shape index (κ2) is 6.41. The topological polar surface area (TPSA) is 55.6 Å². The van der Waals surface area contributed by atoms with Crippen LogP contribution in [0.1, 0.15) is 5.56 Å². The zero-order valence-electron chi connectivity index (χ0n) is 12.7. The number of anilines is 2. The molecule has 0 radical (unpaired) electrons. The first-order chi connectivity index (χ1) is 11.8. The summed E-state index contributed by atoms with van der Waals surface area (Å²) in [6.45, 7) is 0.725. The summed E-state index contributed by atoms with van der Waals surface area (Å²) in [5, 5.41) is 3.32. The summed E-state index contributed by atoms with van der Waals surface area (Å²) in [5.74, 6) is 0.693. The average Bonchev–Trinajstić information content (AvgIpc) is 3.02. The zero-order chi connectivity index (χ0) is 16.4. The van der Waals surface area contributed by atoms with Crippen molar-refractivity contribution in [3.63, 3.8) is 0 Å². The molecule has 5 nitrogen and oxygen atoms in total. The quantitative estimate of drug-likeness (QED) is 0.571. The summed E-state index contributed by atoms with van der Waals surface area (Å²) in [6, 6.07) is 18.2. The number of nitrogens with one attached hydrogen (secondary N) is 1. The van der Waals surface area contributed by atoms with E-state index in [9.17, 15) is 0 Å². The minimum Gasteiger partial charge on any atom is -0.337 e. The monoisotopic (exact) mass is 379 g/mol. The van der Waals surface area contributed by atoms with E-state index in [4.69, 9.17) is 0 Å². The Morgan fingerprint density at radius 3 is 2.54 bits per heavy atom. The van der Waals surface area contributed by atoms with Crippen LogP contribution in [0.2, 0.25) is 0 Å². The molecule has 24 heavy (non-hydrogen) atoms. The van der Waals surface area contributed by atoms with Gasteiger partial charge in [-0.1, -0.05) is 42.5 Å². The lowest BCUT2D eigenvalue weighted by Crippen LogP contribution is -2.01. The van der Waals surface area contributed by atoms with Crippen LogP contribution in [0.5, 0.6) is 0 Å². The molecule has 0 aliphatic carbocycles. The maximum Gasteiger partial charge on any atom is 0.165 e. The molecular formula is C18H14BrN5. The fraction of sp³-hybridized carbons (Fsp3) is 0.0556. The summed E-state index contributed by atoms with van der Waals surface area (Å²) < 4.78 is 3.00. The van der Waals surface area contributed by atoms with Crippen LogP contribution in [0.15, 0.2) is 71.7 Å². The molecular weight excluding hydrogens is 366 g/mol. The zero-order valence-corrected chi connectivity index (χ0v) is 14.3. The molecule has 0 aliphatic rings. The standard InChI is InChI=1S/C18H14BrN5/c19-14-8-4-5-9-15(14)23-17-16-18(21-11-20-17)24(12-22-16)10-13-6-2-1-3-7-13/h1-9,11-12H,10H2,(H,20,21,23). The first-order valence-electron chi connectivity index (χ1n) is 7.52. The van der Waals surface area contributed by atoms with Gasteiger partial charge in [-0.05, 0) is 33.6 Å². The van der Waals surface area contributed by atoms with Crippen molar-refractivity contribution in [2.24, 2.45) is 0 Å². The molecule has 2 aromatic carbocycles. The van der Waals surface area contributed by atoms with Crippen LogP contribution in [-0.4, -0.2) is 19.5 Å². The third kappa shape index (κ3) is 2.88. The molecule has 0 spiro atoms. The molecule has 1 N–H and O–H groups in total. The van der Waals surface area contributed by atoms with Crippen LogP contribution in [0.25, 0.3) is 11.2 Å². The second-order valence-corrected chi connectivity index (χ2v) is 6.21. The Kier molecular flexibility index (Phi) is 3.96. The Labute approximate surface area is 147 Å². The molecule has 0 fully saturated rings. The summed E-state index contributed by atoms with van der Waals surface area (Å²) in [6.07, 6.45) is 3.36. The van der Waals surface area contributed by atoms with Crippen LogP contribution in [0.3, 0.4) is 0 Å². The molecule has 4 rings (SSSR count). The number of hydrogen-bond acceptors (Lipinski definition) is 4. The van der Waals surface area contributed by atoms with E-state index in [0.717, 1.165) is 27.9 Å². The highest BCUT2D eigenvalue weighted by atomic mass is 79.9. The van der Waals surface area contributed by atoms with E-state index >= 15 is 0 Å². The molecule has 0 saturated heterocycles. The van der Waals surface area contributed by atoms with Gasteiger partial charge in [0, 0.05) is 4.47 Å².